The first-order chi connectivity index (χ1) is 20.9. The van der Waals surface area contributed by atoms with Gasteiger partial charge in [-0.25, -0.2) is 22.2 Å². The topological polar surface area (TPSA) is 130 Å². The molecule has 0 aliphatic heterocycles. The molecule has 10 nitrogen and oxygen atoms in total. The van der Waals surface area contributed by atoms with Crippen molar-refractivity contribution in [3.05, 3.63) is 94.4 Å². The van der Waals surface area contributed by atoms with Crippen molar-refractivity contribution >= 4 is 43.5 Å². The van der Waals surface area contributed by atoms with Crippen LogP contribution in [0.1, 0.15) is 10.4 Å². The molecule has 0 radical (unpaired) electrons. The van der Waals surface area contributed by atoms with Crippen molar-refractivity contribution < 1.29 is 26.4 Å². The quantitative estimate of drug-likeness (QED) is 0.269. The van der Waals surface area contributed by atoms with E-state index in [9.17, 15) is 26.8 Å². The number of aromatic amines is 1. The van der Waals surface area contributed by atoms with Crippen molar-refractivity contribution in [1.82, 2.24) is 19.9 Å². The Labute approximate surface area is 249 Å². The summed E-state index contributed by atoms with van der Waals surface area (Å²) in [6.07, 6.45) is 2.47. The first-order valence-electron chi connectivity index (χ1n) is 13.3. The van der Waals surface area contributed by atoms with Gasteiger partial charge >= 0.3 is 0 Å². The van der Waals surface area contributed by atoms with Crippen LogP contribution in [-0.4, -0.2) is 49.2 Å². The fourth-order valence-corrected chi connectivity index (χ4v) is 5.60. The summed E-state index contributed by atoms with van der Waals surface area (Å²) in [5.74, 6) is -1.29. The number of nitrogens with zero attached hydrogens (tertiary/aromatic N) is 3. The van der Waals surface area contributed by atoms with E-state index in [-0.39, 0.29) is 50.6 Å². The zero-order chi connectivity index (χ0) is 31.5. The van der Waals surface area contributed by atoms with E-state index in [1.807, 2.05) is 0 Å². The van der Waals surface area contributed by atoms with E-state index in [4.69, 9.17) is 4.42 Å². The molecule has 3 aromatic carbocycles. The highest BCUT2D eigenvalue weighted by Gasteiger charge is 2.27. The fourth-order valence-electron chi connectivity index (χ4n) is 5.09. The number of nitrogens with one attached hydrogen (secondary N) is 2. The van der Waals surface area contributed by atoms with Crippen LogP contribution in [0.2, 0.25) is 0 Å². The molecule has 6 aromatic rings. The SMILES string of the molecule is CNC(=O)c1c(-c2ccc(F)cc2)oc2cc(N(C)S(C)(=O)=O)c(-c3cn(C)c(=O)c(-c4cc5c(F)cccc5[nH]4)n3)cc12. The Hall–Kier alpha value is -5.30. The summed E-state index contributed by atoms with van der Waals surface area (Å²) in [5.41, 5.74) is 1.59. The fraction of sp³-hybridized carbons (Fsp3) is 0.129. The average molecular weight is 618 g/mol. The van der Waals surface area contributed by atoms with Crippen molar-refractivity contribution in [3.8, 4) is 34.0 Å². The van der Waals surface area contributed by atoms with E-state index >= 15 is 0 Å². The first-order valence-corrected chi connectivity index (χ1v) is 15.1. The van der Waals surface area contributed by atoms with Crippen LogP contribution in [0.5, 0.6) is 0 Å². The van der Waals surface area contributed by atoms with Crippen LogP contribution in [0.25, 0.3) is 55.8 Å². The summed E-state index contributed by atoms with van der Waals surface area (Å²) < 4.78 is 62.1. The second kappa shape index (κ2) is 10.5. The molecule has 44 heavy (non-hydrogen) atoms. The van der Waals surface area contributed by atoms with Crippen LogP contribution in [0.3, 0.4) is 0 Å². The highest BCUT2D eigenvalue weighted by atomic mass is 32.2. The van der Waals surface area contributed by atoms with Gasteiger partial charge in [-0.05, 0) is 48.5 Å². The van der Waals surface area contributed by atoms with Gasteiger partial charge in [-0.2, -0.15) is 0 Å². The zero-order valence-electron chi connectivity index (χ0n) is 23.9. The van der Waals surface area contributed by atoms with E-state index < -0.39 is 33.1 Å². The Balaban J connectivity index is 1.66. The molecule has 13 heteroatoms. The Kier molecular flexibility index (Phi) is 6.84. The molecule has 0 spiro atoms. The molecule has 0 aliphatic carbocycles. The summed E-state index contributed by atoms with van der Waals surface area (Å²) >= 11 is 0. The van der Waals surface area contributed by atoms with E-state index in [1.54, 1.807) is 12.1 Å². The van der Waals surface area contributed by atoms with Gasteiger partial charge in [0.1, 0.15) is 23.0 Å². The average Bonchev–Trinajstić information content (AvgIpc) is 3.59. The summed E-state index contributed by atoms with van der Waals surface area (Å²) in [4.78, 5) is 34.1. The van der Waals surface area contributed by atoms with Crippen molar-refractivity contribution in [2.75, 3.05) is 24.7 Å². The van der Waals surface area contributed by atoms with Gasteiger partial charge < -0.3 is 19.3 Å². The Morgan fingerprint density at radius 1 is 1.07 bits per heavy atom. The summed E-state index contributed by atoms with van der Waals surface area (Å²) in [6.45, 7) is 0. The number of rotatable bonds is 6. The molecule has 3 heterocycles. The molecule has 6 rings (SSSR count). The predicted molar refractivity (Wildman–Crippen MR) is 164 cm³/mol. The molecule has 0 atom stereocenters. The lowest BCUT2D eigenvalue weighted by atomic mass is 10.0. The normalized spacial score (nSPS) is 11.8. The maximum absolute atomic E-state index is 14.5. The number of anilines is 1. The summed E-state index contributed by atoms with van der Waals surface area (Å²) in [5, 5.41) is 3.19. The van der Waals surface area contributed by atoms with Crippen LogP contribution in [0, 0.1) is 11.6 Å². The highest BCUT2D eigenvalue weighted by molar-refractivity contribution is 7.92. The van der Waals surface area contributed by atoms with Gasteiger partial charge in [0, 0.05) is 60.8 Å². The minimum atomic E-state index is -3.81. The molecule has 1 amide bonds. The van der Waals surface area contributed by atoms with Gasteiger partial charge in [-0.1, -0.05) is 6.07 Å². The van der Waals surface area contributed by atoms with Crippen molar-refractivity contribution in [2.24, 2.45) is 7.05 Å². The van der Waals surface area contributed by atoms with Crippen LogP contribution < -0.4 is 15.2 Å². The molecule has 0 unspecified atom stereocenters. The number of benzene rings is 3. The third-order valence-corrected chi connectivity index (χ3v) is 8.61. The minimum Gasteiger partial charge on any atom is -0.455 e. The standard InChI is InChI=1S/C31H25F2N5O5S/c1-34-30(39)27-20-12-19(24-15-37(2)31(40)28(36-24)23-13-18-21(33)6-5-7-22(18)35-23)25(38(3)44(4,41)42)14-26(20)43-29(27)16-8-10-17(32)11-9-16/h5-15,35H,1-4H3,(H,34,39). The molecule has 0 saturated heterocycles. The lowest BCUT2D eigenvalue weighted by Gasteiger charge is -2.20. The van der Waals surface area contributed by atoms with Crippen molar-refractivity contribution in [1.29, 1.82) is 0 Å². The third kappa shape index (κ3) is 4.80. The molecule has 2 N–H and O–H groups in total. The van der Waals surface area contributed by atoms with Gasteiger partial charge in [0.25, 0.3) is 11.5 Å². The number of sulfonamides is 1. The number of amides is 1. The second-order valence-corrected chi connectivity index (χ2v) is 12.3. The lowest BCUT2D eigenvalue weighted by Crippen LogP contribution is -2.26. The molecule has 0 saturated carbocycles. The lowest BCUT2D eigenvalue weighted by molar-refractivity contribution is 0.0964. The van der Waals surface area contributed by atoms with Crippen LogP contribution >= 0.6 is 0 Å². The number of carbonyl (C=O) groups excluding carboxylic acids is 1. The van der Waals surface area contributed by atoms with Crippen LogP contribution in [-0.2, 0) is 17.1 Å². The predicted octanol–water partition coefficient (Wildman–Crippen LogP) is 5.04. The van der Waals surface area contributed by atoms with Gasteiger partial charge in [-0.3, -0.25) is 13.9 Å². The number of furan rings is 1. The maximum atomic E-state index is 14.5. The van der Waals surface area contributed by atoms with Crippen molar-refractivity contribution in [3.63, 3.8) is 0 Å². The molecule has 3 aromatic heterocycles. The van der Waals surface area contributed by atoms with Crippen molar-refractivity contribution in [2.45, 2.75) is 0 Å². The van der Waals surface area contributed by atoms with E-state index in [2.05, 4.69) is 15.3 Å². The van der Waals surface area contributed by atoms with Gasteiger partial charge in [0.15, 0.2) is 5.69 Å². The van der Waals surface area contributed by atoms with Gasteiger partial charge in [0.2, 0.25) is 10.0 Å². The molecular weight excluding hydrogens is 592 g/mol. The Morgan fingerprint density at radius 2 is 1.80 bits per heavy atom. The summed E-state index contributed by atoms with van der Waals surface area (Å²) in [7, 11) is 0.505. The first kappa shape index (κ1) is 28.8. The number of halogens is 2. The smallest absolute Gasteiger partial charge is 0.278 e. The Morgan fingerprint density at radius 3 is 2.45 bits per heavy atom. The van der Waals surface area contributed by atoms with E-state index in [0.29, 0.717) is 16.5 Å². The molecule has 0 aliphatic rings. The highest BCUT2D eigenvalue weighted by Crippen LogP contribution is 2.41. The minimum absolute atomic E-state index is 0.0284. The monoisotopic (exact) mass is 617 g/mol. The Bertz CT molecular complexity index is 2290. The largest absolute Gasteiger partial charge is 0.455 e. The zero-order valence-corrected chi connectivity index (χ0v) is 24.7. The van der Waals surface area contributed by atoms with Gasteiger partial charge in [0.05, 0.1) is 28.9 Å². The molecular formula is C31H25F2N5O5S. The second-order valence-electron chi connectivity index (χ2n) is 10.3. The summed E-state index contributed by atoms with van der Waals surface area (Å²) in [6, 6.07) is 14.4. The van der Waals surface area contributed by atoms with Gasteiger partial charge in [-0.15, -0.1) is 0 Å². The molecule has 0 bridgehead atoms. The molecule has 224 valence electrons. The number of fused-ring (bicyclic) bond motifs is 2. The third-order valence-electron chi connectivity index (χ3n) is 7.42. The van der Waals surface area contributed by atoms with E-state index in [1.165, 1.54) is 80.4 Å². The van der Waals surface area contributed by atoms with Crippen LogP contribution in [0.4, 0.5) is 14.5 Å². The number of aromatic nitrogens is 3. The number of hydrogen-bond donors (Lipinski definition) is 2. The number of carbonyl (C=O) groups is 1. The number of H-pyrrole nitrogens is 1. The van der Waals surface area contributed by atoms with E-state index in [0.717, 1.165) is 10.6 Å². The number of hydrogen-bond acceptors (Lipinski definition) is 6. The molecule has 0 fully saturated rings. The van der Waals surface area contributed by atoms with Crippen LogP contribution in [0.15, 0.2) is 76.1 Å². The maximum Gasteiger partial charge on any atom is 0.278 e. The number of aryl methyl sites for hydroxylation is 1.